The molecule has 120 valence electrons. The highest BCUT2D eigenvalue weighted by Gasteiger charge is 2.31. The van der Waals surface area contributed by atoms with Crippen LogP contribution >= 0.6 is 0 Å². The van der Waals surface area contributed by atoms with Crippen LogP contribution in [0.1, 0.15) is 40.0 Å². The van der Waals surface area contributed by atoms with E-state index >= 15 is 0 Å². The normalized spacial score (nSPS) is 20.2. The first-order valence-electron chi connectivity index (χ1n) is 7.08. The Balaban J connectivity index is 2.65. The van der Waals surface area contributed by atoms with E-state index in [2.05, 4.69) is 15.4 Å². The second-order valence-corrected chi connectivity index (χ2v) is 6.09. The molecule has 21 heavy (non-hydrogen) atoms. The van der Waals surface area contributed by atoms with Gasteiger partial charge in [-0.1, -0.05) is 0 Å². The third-order valence-electron chi connectivity index (χ3n) is 3.10. The van der Waals surface area contributed by atoms with Gasteiger partial charge in [-0.3, -0.25) is 4.79 Å². The van der Waals surface area contributed by atoms with Gasteiger partial charge < -0.3 is 20.1 Å². The van der Waals surface area contributed by atoms with Crippen molar-refractivity contribution in [3.63, 3.8) is 0 Å². The predicted molar refractivity (Wildman–Crippen MR) is 75.5 cm³/mol. The van der Waals surface area contributed by atoms with Gasteiger partial charge in [0.2, 0.25) is 5.91 Å². The molecule has 7 nitrogen and oxygen atoms in total. The molecule has 2 N–H and O–H groups in total. The minimum atomic E-state index is -0.890. The van der Waals surface area contributed by atoms with Gasteiger partial charge in [-0.2, -0.15) is 0 Å². The molecule has 1 unspecified atom stereocenters. The second kappa shape index (κ2) is 7.28. The molecule has 1 heterocycles. The summed E-state index contributed by atoms with van der Waals surface area (Å²) in [6.07, 6.45) is 1.05. The highest BCUT2D eigenvalue weighted by atomic mass is 16.6. The van der Waals surface area contributed by atoms with Gasteiger partial charge in [0.1, 0.15) is 11.6 Å². The minimum absolute atomic E-state index is 0.0962. The summed E-state index contributed by atoms with van der Waals surface area (Å²) in [4.78, 5) is 35.3. The summed E-state index contributed by atoms with van der Waals surface area (Å²) in [6, 6.07) is -0.890. The number of carbonyl (C=O) groups is 3. The van der Waals surface area contributed by atoms with Gasteiger partial charge in [0.25, 0.3) is 0 Å². The van der Waals surface area contributed by atoms with Gasteiger partial charge in [0.15, 0.2) is 0 Å². The van der Waals surface area contributed by atoms with Gasteiger partial charge in [-0.25, -0.2) is 9.59 Å². The summed E-state index contributed by atoms with van der Waals surface area (Å²) in [5, 5.41) is 5.23. The smallest absolute Gasteiger partial charge is 0.408 e. The van der Waals surface area contributed by atoms with Crippen molar-refractivity contribution in [2.45, 2.75) is 51.7 Å². The molecule has 0 radical (unpaired) electrons. The fraction of sp³-hybridized carbons (Fsp3) is 0.786. The molecule has 1 fully saturated rings. The highest BCUT2D eigenvalue weighted by Crippen LogP contribution is 2.18. The summed E-state index contributed by atoms with van der Waals surface area (Å²) in [6.45, 7) is 5.84. The summed E-state index contributed by atoms with van der Waals surface area (Å²) >= 11 is 0. The number of rotatable bonds is 4. The molecule has 7 heteroatoms. The van der Waals surface area contributed by atoms with Crippen molar-refractivity contribution in [3.8, 4) is 0 Å². The number of ether oxygens (including phenoxy) is 2. The molecule has 1 rings (SSSR count). The molecule has 0 aliphatic carbocycles. The van der Waals surface area contributed by atoms with Gasteiger partial charge in [0, 0.05) is 12.5 Å². The van der Waals surface area contributed by atoms with Crippen molar-refractivity contribution in [2.75, 3.05) is 13.7 Å². The third kappa shape index (κ3) is 6.01. The average molecular weight is 300 g/mol. The average Bonchev–Trinajstić information content (AvgIpc) is 2.37. The molecule has 2 amide bonds. The summed E-state index contributed by atoms with van der Waals surface area (Å²) < 4.78 is 9.80. The number of carbonyl (C=O) groups excluding carboxylic acids is 3. The third-order valence-corrected chi connectivity index (χ3v) is 3.10. The number of nitrogens with one attached hydrogen (secondary N) is 2. The van der Waals surface area contributed by atoms with Crippen molar-refractivity contribution >= 4 is 18.0 Å². The van der Waals surface area contributed by atoms with Crippen LogP contribution < -0.4 is 10.6 Å². The minimum Gasteiger partial charge on any atom is -0.467 e. The SMILES string of the molecule is COC(=O)C(C[C@@H]1CCCNC1=O)NC(=O)OC(C)(C)C. The fourth-order valence-corrected chi connectivity index (χ4v) is 2.15. The fourth-order valence-electron chi connectivity index (χ4n) is 2.15. The molecule has 0 bridgehead atoms. The Labute approximate surface area is 124 Å². The summed E-state index contributed by atoms with van der Waals surface area (Å²) in [5.74, 6) is -0.988. The number of hydrogen-bond donors (Lipinski definition) is 2. The van der Waals surface area contributed by atoms with E-state index in [9.17, 15) is 14.4 Å². The molecule has 0 saturated carbocycles. The van der Waals surface area contributed by atoms with Crippen LogP contribution in [0, 0.1) is 5.92 Å². The first-order chi connectivity index (χ1) is 9.73. The molecule has 1 aliphatic rings. The molecule has 0 aromatic carbocycles. The first-order valence-corrected chi connectivity index (χ1v) is 7.08. The number of methoxy groups -OCH3 is 1. The van der Waals surface area contributed by atoms with Crippen molar-refractivity contribution in [3.05, 3.63) is 0 Å². The van der Waals surface area contributed by atoms with E-state index in [4.69, 9.17) is 4.74 Å². The van der Waals surface area contributed by atoms with E-state index in [0.29, 0.717) is 13.0 Å². The van der Waals surface area contributed by atoms with E-state index in [0.717, 1.165) is 6.42 Å². The monoisotopic (exact) mass is 300 g/mol. The summed E-state index contributed by atoms with van der Waals surface area (Å²) in [5.41, 5.74) is -0.660. The summed E-state index contributed by atoms with van der Waals surface area (Å²) in [7, 11) is 1.24. The number of piperidine rings is 1. The maximum Gasteiger partial charge on any atom is 0.408 e. The van der Waals surface area contributed by atoms with E-state index in [-0.39, 0.29) is 18.2 Å². The molecule has 0 aromatic rings. The topological polar surface area (TPSA) is 93.7 Å². The van der Waals surface area contributed by atoms with Crippen LogP contribution in [0.4, 0.5) is 4.79 Å². The van der Waals surface area contributed by atoms with Crippen LogP contribution in [0.15, 0.2) is 0 Å². The molecule has 1 saturated heterocycles. The van der Waals surface area contributed by atoms with Gasteiger partial charge in [-0.05, 0) is 40.0 Å². The van der Waals surface area contributed by atoms with Crippen molar-refractivity contribution in [2.24, 2.45) is 5.92 Å². The van der Waals surface area contributed by atoms with E-state index in [1.54, 1.807) is 20.8 Å². The Morgan fingerprint density at radius 2 is 2.10 bits per heavy atom. The second-order valence-electron chi connectivity index (χ2n) is 6.09. The van der Waals surface area contributed by atoms with Crippen LogP contribution in [-0.4, -0.2) is 43.3 Å². The zero-order chi connectivity index (χ0) is 16.0. The largest absolute Gasteiger partial charge is 0.467 e. The van der Waals surface area contributed by atoms with Crippen LogP contribution in [-0.2, 0) is 19.1 Å². The maximum atomic E-state index is 11.8. The van der Waals surface area contributed by atoms with Crippen LogP contribution in [0.25, 0.3) is 0 Å². The lowest BCUT2D eigenvalue weighted by atomic mass is 9.91. The number of alkyl carbamates (subject to hydrolysis) is 1. The van der Waals surface area contributed by atoms with E-state index in [1.165, 1.54) is 7.11 Å². The van der Waals surface area contributed by atoms with E-state index in [1.807, 2.05) is 0 Å². The molecule has 2 atom stereocenters. The zero-order valence-electron chi connectivity index (χ0n) is 13.0. The lowest BCUT2D eigenvalue weighted by molar-refractivity contribution is -0.144. The van der Waals surface area contributed by atoms with Crippen molar-refractivity contribution < 1.29 is 23.9 Å². The molecule has 0 aromatic heterocycles. The highest BCUT2D eigenvalue weighted by molar-refractivity contribution is 5.84. The lowest BCUT2D eigenvalue weighted by Crippen LogP contribution is -2.47. The van der Waals surface area contributed by atoms with Crippen molar-refractivity contribution in [1.29, 1.82) is 0 Å². The predicted octanol–water partition coefficient (Wildman–Crippen LogP) is 0.969. The Bertz CT molecular complexity index is 403. The lowest BCUT2D eigenvalue weighted by Gasteiger charge is -2.26. The van der Waals surface area contributed by atoms with Gasteiger partial charge in [0.05, 0.1) is 7.11 Å². The Morgan fingerprint density at radius 3 is 2.62 bits per heavy atom. The van der Waals surface area contributed by atoms with Crippen LogP contribution in [0.2, 0.25) is 0 Å². The zero-order valence-corrected chi connectivity index (χ0v) is 13.0. The quantitative estimate of drug-likeness (QED) is 0.755. The number of esters is 1. The molecular weight excluding hydrogens is 276 g/mol. The van der Waals surface area contributed by atoms with Gasteiger partial charge >= 0.3 is 12.1 Å². The first kappa shape index (κ1) is 17.3. The Hall–Kier alpha value is -1.79. The number of amides is 2. The van der Waals surface area contributed by atoms with Crippen molar-refractivity contribution in [1.82, 2.24) is 10.6 Å². The van der Waals surface area contributed by atoms with E-state index < -0.39 is 23.7 Å². The van der Waals surface area contributed by atoms with Gasteiger partial charge in [-0.15, -0.1) is 0 Å². The maximum absolute atomic E-state index is 11.8. The molecule has 0 spiro atoms. The Kier molecular flexibility index (Phi) is 5.99. The van der Waals surface area contributed by atoms with Crippen LogP contribution in [0.5, 0.6) is 0 Å². The Morgan fingerprint density at radius 1 is 1.43 bits per heavy atom. The number of hydrogen-bond acceptors (Lipinski definition) is 5. The standard InChI is InChI=1S/C14H24N2O5/c1-14(2,3)21-13(19)16-10(12(18)20-4)8-9-6-5-7-15-11(9)17/h9-10H,5-8H2,1-4H3,(H,15,17)(H,16,19)/t9-,10?/m0/s1. The van der Waals surface area contributed by atoms with Crippen LogP contribution in [0.3, 0.4) is 0 Å². The molecular formula is C14H24N2O5. The molecule has 1 aliphatic heterocycles.